The van der Waals surface area contributed by atoms with Crippen molar-refractivity contribution in [2.24, 2.45) is 17.6 Å². The Labute approximate surface area is 109 Å². The highest BCUT2D eigenvalue weighted by molar-refractivity contribution is 5.84. The first-order chi connectivity index (χ1) is 8.65. The summed E-state index contributed by atoms with van der Waals surface area (Å²) in [5, 5.41) is 5.31. The molecule has 0 aromatic rings. The van der Waals surface area contributed by atoms with Gasteiger partial charge in [-0.15, -0.1) is 0 Å². The molecule has 0 aromatic heterocycles. The average Bonchev–Trinajstić information content (AvgIpc) is 2.38. The quantitative estimate of drug-likeness (QED) is 0.642. The summed E-state index contributed by atoms with van der Waals surface area (Å²) in [6, 6.07) is 0. The molecule has 1 aliphatic rings. The lowest BCUT2D eigenvalue weighted by atomic mass is 9.80. The second-order valence-electron chi connectivity index (χ2n) is 5.06. The van der Waals surface area contributed by atoms with Crippen molar-refractivity contribution in [2.45, 2.75) is 39.0 Å². The van der Waals surface area contributed by atoms with Crippen LogP contribution in [0, 0.1) is 11.8 Å². The summed E-state index contributed by atoms with van der Waals surface area (Å²) in [7, 11) is 0. The molecule has 5 nitrogen and oxygen atoms in total. The van der Waals surface area contributed by atoms with Gasteiger partial charge in [0.2, 0.25) is 11.8 Å². The predicted molar refractivity (Wildman–Crippen MR) is 70.8 cm³/mol. The minimum atomic E-state index is -0.127. The summed E-state index contributed by atoms with van der Waals surface area (Å²) in [6.07, 6.45) is 4.96. The molecule has 1 fully saturated rings. The van der Waals surface area contributed by atoms with Crippen LogP contribution in [0.1, 0.15) is 39.0 Å². The first-order valence-corrected chi connectivity index (χ1v) is 6.89. The van der Waals surface area contributed by atoms with Gasteiger partial charge < -0.3 is 16.4 Å². The number of nitrogens with two attached hydrogens (primary N) is 1. The van der Waals surface area contributed by atoms with E-state index in [4.69, 9.17) is 5.73 Å². The number of hydrogen-bond acceptors (Lipinski definition) is 3. The van der Waals surface area contributed by atoms with E-state index in [-0.39, 0.29) is 18.4 Å². The van der Waals surface area contributed by atoms with Crippen molar-refractivity contribution in [3.8, 4) is 0 Å². The number of amides is 2. The van der Waals surface area contributed by atoms with Crippen molar-refractivity contribution in [1.29, 1.82) is 0 Å². The van der Waals surface area contributed by atoms with E-state index in [1.807, 2.05) is 6.92 Å². The molecular formula is C13H25N3O2. The maximum atomic E-state index is 11.7. The summed E-state index contributed by atoms with van der Waals surface area (Å²) >= 11 is 0. The highest BCUT2D eigenvalue weighted by atomic mass is 16.2. The molecule has 0 saturated heterocycles. The zero-order valence-corrected chi connectivity index (χ0v) is 11.2. The lowest BCUT2D eigenvalue weighted by Crippen LogP contribution is -2.37. The number of nitrogens with one attached hydrogen (secondary N) is 2. The lowest BCUT2D eigenvalue weighted by molar-refractivity contribution is -0.126. The van der Waals surface area contributed by atoms with Crippen LogP contribution < -0.4 is 16.4 Å². The van der Waals surface area contributed by atoms with E-state index in [0.29, 0.717) is 24.8 Å². The topological polar surface area (TPSA) is 84.2 Å². The monoisotopic (exact) mass is 255 g/mol. The molecule has 1 saturated carbocycles. The second-order valence-corrected chi connectivity index (χ2v) is 5.06. The smallest absolute Gasteiger partial charge is 0.239 e. The fourth-order valence-electron chi connectivity index (χ4n) is 2.44. The molecule has 0 atom stereocenters. The molecule has 0 heterocycles. The van der Waals surface area contributed by atoms with E-state index in [1.54, 1.807) is 0 Å². The third-order valence-corrected chi connectivity index (χ3v) is 3.59. The van der Waals surface area contributed by atoms with Crippen LogP contribution in [0.25, 0.3) is 0 Å². The normalized spacial score (nSPS) is 23.4. The van der Waals surface area contributed by atoms with Crippen LogP contribution in [0.4, 0.5) is 0 Å². The SMILES string of the molecule is CCNC(=O)CNC(=O)CC1CCC(CN)CC1. The van der Waals surface area contributed by atoms with E-state index >= 15 is 0 Å². The number of carbonyl (C=O) groups is 2. The number of likely N-dealkylation sites (N-methyl/N-ethyl adjacent to an activating group) is 1. The summed E-state index contributed by atoms with van der Waals surface area (Å²) in [6.45, 7) is 3.30. The average molecular weight is 255 g/mol. The van der Waals surface area contributed by atoms with Crippen LogP contribution in [0.3, 0.4) is 0 Å². The minimum Gasteiger partial charge on any atom is -0.355 e. The van der Waals surface area contributed by atoms with Gasteiger partial charge in [0.1, 0.15) is 0 Å². The van der Waals surface area contributed by atoms with Gasteiger partial charge in [-0.2, -0.15) is 0 Å². The van der Waals surface area contributed by atoms with Gasteiger partial charge in [0, 0.05) is 13.0 Å². The number of hydrogen-bond donors (Lipinski definition) is 3. The van der Waals surface area contributed by atoms with Crippen LogP contribution in [0.2, 0.25) is 0 Å². The summed E-state index contributed by atoms with van der Waals surface area (Å²) < 4.78 is 0. The Morgan fingerprint density at radius 2 is 1.67 bits per heavy atom. The molecule has 104 valence electrons. The molecule has 0 radical (unpaired) electrons. The van der Waals surface area contributed by atoms with E-state index in [9.17, 15) is 9.59 Å². The Morgan fingerprint density at radius 1 is 1.06 bits per heavy atom. The zero-order chi connectivity index (χ0) is 13.4. The first kappa shape index (κ1) is 15.0. The van der Waals surface area contributed by atoms with E-state index in [0.717, 1.165) is 32.2 Å². The highest BCUT2D eigenvalue weighted by Crippen LogP contribution is 2.29. The molecular weight excluding hydrogens is 230 g/mol. The number of carbonyl (C=O) groups excluding carboxylic acids is 2. The van der Waals surface area contributed by atoms with Crippen molar-refractivity contribution >= 4 is 11.8 Å². The van der Waals surface area contributed by atoms with Gasteiger partial charge in [-0.3, -0.25) is 9.59 Å². The Hall–Kier alpha value is -1.10. The van der Waals surface area contributed by atoms with Crippen molar-refractivity contribution in [2.75, 3.05) is 19.6 Å². The van der Waals surface area contributed by atoms with E-state index < -0.39 is 0 Å². The molecule has 18 heavy (non-hydrogen) atoms. The summed E-state index contributed by atoms with van der Waals surface area (Å²) in [5.41, 5.74) is 5.64. The molecule has 5 heteroatoms. The van der Waals surface area contributed by atoms with Crippen molar-refractivity contribution in [3.63, 3.8) is 0 Å². The molecule has 0 bridgehead atoms. The zero-order valence-electron chi connectivity index (χ0n) is 11.2. The second kappa shape index (κ2) is 8.08. The Balaban J connectivity index is 2.15. The molecule has 0 spiro atoms. The van der Waals surface area contributed by atoms with Crippen LogP contribution in [-0.2, 0) is 9.59 Å². The standard InChI is InChI=1S/C13H25N3O2/c1-2-15-13(18)9-16-12(17)7-10-3-5-11(8-14)6-4-10/h10-11H,2-9,14H2,1H3,(H,15,18)(H,16,17). The third kappa shape index (κ3) is 5.49. The minimum absolute atomic E-state index is 0.0162. The number of rotatable bonds is 6. The van der Waals surface area contributed by atoms with E-state index in [1.165, 1.54) is 0 Å². The Morgan fingerprint density at radius 3 is 2.22 bits per heavy atom. The maximum Gasteiger partial charge on any atom is 0.239 e. The van der Waals surface area contributed by atoms with Gasteiger partial charge in [0.15, 0.2) is 0 Å². The third-order valence-electron chi connectivity index (χ3n) is 3.59. The molecule has 1 rings (SSSR count). The van der Waals surface area contributed by atoms with Crippen molar-refractivity contribution in [3.05, 3.63) is 0 Å². The molecule has 2 amide bonds. The summed E-state index contributed by atoms with van der Waals surface area (Å²) in [4.78, 5) is 22.8. The fourth-order valence-corrected chi connectivity index (χ4v) is 2.44. The van der Waals surface area contributed by atoms with E-state index in [2.05, 4.69) is 10.6 Å². The van der Waals surface area contributed by atoms with Gasteiger partial charge in [0.05, 0.1) is 6.54 Å². The Kier molecular flexibility index (Phi) is 6.72. The Bertz CT molecular complexity index is 273. The molecule has 1 aliphatic carbocycles. The summed E-state index contributed by atoms with van der Waals surface area (Å²) in [5.74, 6) is 0.955. The van der Waals surface area contributed by atoms with Crippen LogP contribution in [0.15, 0.2) is 0 Å². The van der Waals surface area contributed by atoms with Crippen molar-refractivity contribution in [1.82, 2.24) is 10.6 Å². The van der Waals surface area contributed by atoms with Crippen LogP contribution >= 0.6 is 0 Å². The molecule has 4 N–H and O–H groups in total. The molecule has 0 aromatic carbocycles. The van der Waals surface area contributed by atoms with Crippen molar-refractivity contribution < 1.29 is 9.59 Å². The van der Waals surface area contributed by atoms with Gasteiger partial charge in [-0.05, 0) is 51.0 Å². The maximum absolute atomic E-state index is 11.7. The lowest BCUT2D eigenvalue weighted by Gasteiger charge is -2.27. The first-order valence-electron chi connectivity index (χ1n) is 6.89. The van der Waals surface area contributed by atoms with Crippen LogP contribution in [0.5, 0.6) is 0 Å². The predicted octanol–water partition coefficient (Wildman–Crippen LogP) is 0.394. The van der Waals surface area contributed by atoms with Gasteiger partial charge >= 0.3 is 0 Å². The fraction of sp³-hybridized carbons (Fsp3) is 0.846. The highest BCUT2D eigenvalue weighted by Gasteiger charge is 2.22. The van der Waals surface area contributed by atoms with Crippen LogP contribution in [-0.4, -0.2) is 31.4 Å². The van der Waals surface area contributed by atoms with Gasteiger partial charge in [0.25, 0.3) is 0 Å². The van der Waals surface area contributed by atoms with Gasteiger partial charge in [-0.25, -0.2) is 0 Å². The molecule has 0 aliphatic heterocycles. The van der Waals surface area contributed by atoms with Gasteiger partial charge in [-0.1, -0.05) is 0 Å². The largest absolute Gasteiger partial charge is 0.355 e. The molecule has 0 unspecified atom stereocenters.